The van der Waals surface area contributed by atoms with Gasteiger partial charge < -0.3 is 9.64 Å². The molecule has 2 aromatic rings. The van der Waals surface area contributed by atoms with Gasteiger partial charge in [-0.1, -0.05) is 23.7 Å². The third kappa shape index (κ3) is 5.98. The van der Waals surface area contributed by atoms with Crippen molar-refractivity contribution in [1.29, 1.82) is 0 Å². The number of esters is 1. The average Bonchev–Trinajstić information content (AvgIpc) is 2.79. The number of amides is 1. The maximum atomic E-state index is 14.4. The zero-order valence-electron chi connectivity index (χ0n) is 19.1. The van der Waals surface area contributed by atoms with E-state index in [-0.39, 0.29) is 36.7 Å². The van der Waals surface area contributed by atoms with Crippen LogP contribution in [0.4, 0.5) is 17.6 Å². The summed E-state index contributed by atoms with van der Waals surface area (Å²) in [6, 6.07) is 5.11. The van der Waals surface area contributed by atoms with E-state index in [4.69, 9.17) is 27.9 Å². The SMILES string of the molecule is CCOC(=O)C1CC(C(=O)Cc2ncc(Cl)cc2F)(N(Cc2ccc(C(F)(F)F)cc2)C(=O)CCl)C1. The fourth-order valence-corrected chi connectivity index (χ4v) is 4.49. The highest BCUT2D eigenvalue weighted by atomic mass is 35.5. The maximum Gasteiger partial charge on any atom is 0.416 e. The molecule has 0 N–H and O–H groups in total. The lowest BCUT2D eigenvalue weighted by Crippen LogP contribution is -2.65. The molecule has 36 heavy (non-hydrogen) atoms. The second kappa shape index (κ2) is 11.1. The van der Waals surface area contributed by atoms with E-state index in [1.165, 1.54) is 18.3 Å². The molecule has 1 heterocycles. The van der Waals surface area contributed by atoms with Crippen LogP contribution in [-0.2, 0) is 38.3 Å². The van der Waals surface area contributed by atoms with Gasteiger partial charge in [0, 0.05) is 12.7 Å². The molecule has 1 aromatic carbocycles. The van der Waals surface area contributed by atoms with Gasteiger partial charge in [-0.3, -0.25) is 19.4 Å². The number of ketones is 1. The van der Waals surface area contributed by atoms with Gasteiger partial charge in [-0.2, -0.15) is 13.2 Å². The lowest BCUT2D eigenvalue weighted by atomic mass is 9.63. The Bertz CT molecular complexity index is 1140. The number of carbonyl (C=O) groups excluding carboxylic acids is 3. The quantitative estimate of drug-likeness (QED) is 0.251. The predicted molar refractivity (Wildman–Crippen MR) is 123 cm³/mol. The summed E-state index contributed by atoms with van der Waals surface area (Å²) >= 11 is 11.5. The number of ether oxygens (including phenoxy) is 1. The van der Waals surface area contributed by atoms with Crippen LogP contribution in [0.25, 0.3) is 0 Å². The van der Waals surface area contributed by atoms with Gasteiger partial charge in [-0.25, -0.2) is 4.39 Å². The molecule has 0 unspecified atom stereocenters. The molecule has 1 amide bonds. The fourth-order valence-electron chi connectivity index (χ4n) is 4.20. The maximum absolute atomic E-state index is 14.4. The first-order valence-corrected chi connectivity index (χ1v) is 11.8. The van der Waals surface area contributed by atoms with E-state index in [0.29, 0.717) is 5.56 Å². The van der Waals surface area contributed by atoms with Gasteiger partial charge in [-0.15, -0.1) is 11.6 Å². The van der Waals surface area contributed by atoms with Gasteiger partial charge in [-0.05, 0) is 43.5 Å². The van der Waals surface area contributed by atoms with Crippen molar-refractivity contribution in [2.75, 3.05) is 12.5 Å². The topological polar surface area (TPSA) is 76.6 Å². The van der Waals surface area contributed by atoms with Crippen LogP contribution in [0.5, 0.6) is 0 Å². The minimum Gasteiger partial charge on any atom is -0.466 e. The summed E-state index contributed by atoms with van der Waals surface area (Å²) in [4.78, 5) is 43.7. The Kier molecular flexibility index (Phi) is 8.61. The van der Waals surface area contributed by atoms with E-state index in [2.05, 4.69) is 4.98 Å². The van der Waals surface area contributed by atoms with Crippen LogP contribution in [0.3, 0.4) is 0 Å². The monoisotopic (exact) mass is 548 g/mol. The van der Waals surface area contributed by atoms with E-state index in [1.54, 1.807) is 6.92 Å². The number of Topliss-reactive ketones (excluding diaryl/α,β-unsaturated/α-hetero) is 1. The molecule has 0 bridgehead atoms. The minimum absolute atomic E-state index is 0.0330. The van der Waals surface area contributed by atoms with Crippen molar-refractivity contribution < 1.29 is 36.7 Å². The molecule has 1 fully saturated rings. The standard InChI is InChI=1S/C24H22Cl2F4N2O4/c1-2-36-22(35)15-9-23(10-15,20(33)8-19-18(27)7-17(26)12-31-19)32(21(34)11-25)13-14-3-5-16(6-4-14)24(28,29)30/h3-7,12,15H,2,8-11,13H2,1H3. The largest absolute Gasteiger partial charge is 0.466 e. The van der Waals surface area contributed by atoms with E-state index in [1.807, 2.05) is 0 Å². The smallest absolute Gasteiger partial charge is 0.416 e. The number of halogens is 6. The molecule has 6 nitrogen and oxygen atoms in total. The molecule has 3 rings (SSSR count). The lowest BCUT2D eigenvalue weighted by molar-refractivity contribution is -0.168. The van der Waals surface area contributed by atoms with Crippen LogP contribution in [-0.4, -0.2) is 45.6 Å². The molecule has 0 atom stereocenters. The summed E-state index contributed by atoms with van der Waals surface area (Å²) < 4.78 is 58.3. The summed E-state index contributed by atoms with van der Waals surface area (Å²) in [5.41, 5.74) is -2.32. The number of nitrogens with zero attached hydrogens (tertiary/aromatic N) is 2. The number of carbonyl (C=O) groups is 3. The molecule has 1 saturated carbocycles. The molecule has 1 aliphatic rings. The molecule has 0 saturated heterocycles. The minimum atomic E-state index is -4.54. The first kappa shape index (κ1) is 27.9. The van der Waals surface area contributed by atoms with Crippen LogP contribution >= 0.6 is 23.2 Å². The number of alkyl halides is 4. The summed E-state index contributed by atoms with van der Waals surface area (Å²) in [5.74, 6) is -3.85. The summed E-state index contributed by atoms with van der Waals surface area (Å²) in [7, 11) is 0. The highest BCUT2D eigenvalue weighted by Gasteiger charge is 2.57. The van der Waals surface area contributed by atoms with Crippen molar-refractivity contribution in [3.05, 3.63) is 64.2 Å². The van der Waals surface area contributed by atoms with Crippen LogP contribution in [0, 0.1) is 11.7 Å². The van der Waals surface area contributed by atoms with E-state index < -0.39 is 59.0 Å². The van der Waals surface area contributed by atoms with Crippen molar-refractivity contribution in [2.24, 2.45) is 5.92 Å². The van der Waals surface area contributed by atoms with Gasteiger partial charge in [0.15, 0.2) is 5.78 Å². The Morgan fingerprint density at radius 3 is 2.36 bits per heavy atom. The zero-order chi connectivity index (χ0) is 26.7. The van der Waals surface area contributed by atoms with Crippen molar-refractivity contribution in [1.82, 2.24) is 9.88 Å². The number of hydrogen-bond donors (Lipinski definition) is 0. The number of pyridine rings is 1. The van der Waals surface area contributed by atoms with Gasteiger partial charge in [0.1, 0.15) is 17.2 Å². The summed E-state index contributed by atoms with van der Waals surface area (Å²) in [6.07, 6.45) is -4.09. The number of aromatic nitrogens is 1. The Hall–Kier alpha value is -2.72. The molecular weight excluding hydrogens is 527 g/mol. The van der Waals surface area contributed by atoms with Crippen LogP contribution in [0.1, 0.15) is 36.6 Å². The Morgan fingerprint density at radius 1 is 1.19 bits per heavy atom. The van der Waals surface area contributed by atoms with Gasteiger partial charge in [0.2, 0.25) is 5.91 Å². The van der Waals surface area contributed by atoms with Crippen molar-refractivity contribution in [2.45, 2.75) is 44.4 Å². The van der Waals surface area contributed by atoms with Crippen LogP contribution in [0.2, 0.25) is 5.02 Å². The summed E-state index contributed by atoms with van der Waals surface area (Å²) in [6.45, 7) is 1.49. The number of benzene rings is 1. The molecular formula is C24H22Cl2F4N2O4. The Morgan fingerprint density at radius 2 is 1.83 bits per heavy atom. The van der Waals surface area contributed by atoms with Crippen molar-refractivity contribution >= 4 is 40.9 Å². The summed E-state index contributed by atoms with van der Waals surface area (Å²) in [5, 5.41) is 0.0330. The Balaban J connectivity index is 1.95. The average molecular weight is 549 g/mol. The molecule has 1 aromatic heterocycles. The van der Waals surface area contributed by atoms with E-state index in [0.717, 1.165) is 23.1 Å². The molecule has 1 aliphatic carbocycles. The molecule has 0 radical (unpaired) electrons. The second-order valence-electron chi connectivity index (χ2n) is 8.38. The van der Waals surface area contributed by atoms with Gasteiger partial charge >= 0.3 is 12.1 Å². The van der Waals surface area contributed by atoms with Crippen LogP contribution in [0.15, 0.2) is 36.5 Å². The normalized spacial score (nSPS) is 19.4. The van der Waals surface area contributed by atoms with E-state index in [9.17, 15) is 31.9 Å². The molecule has 12 heteroatoms. The third-order valence-electron chi connectivity index (χ3n) is 6.07. The second-order valence-corrected chi connectivity index (χ2v) is 9.08. The number of hydrogen-bond acceptors (Lipinski definition) is 5. The Labute approximate surface area is 214 Å². The molecule has 194 valence electrons. The number of rotatable bonds is 9. The third-order valence-corrected chi connectivity index (χ3v) is 6.51. The highest BCUT2D eigenvalue weighted by molar-refractivity contribution is 6.30. The van der Waals surface area contributed by atoms with Gasteiger partial charge in [0.05, 0.1) is 35.2 Å². The highest BCUT2D eigenvalue weighted by Crippen LogP contribution is 2.46. The zero-order valence-corrected chi connectivity index (χ0v) is 20.6. The lowest BCUT2D eigenvalue weighted by Gasteiger charge is -2.52. The molecule has 0 spiro atoms. The van der Waals surface area contributed by atoms with Crippen molar-refractivity contribution in [3.8, 4) is 0 Å². The van der Waals surface area contributed by atoms with Crippen LogP contribution < -0.4 is 0 Å². The molecule has 0 aliphatic heterocycles. The van der Waals surface area contributed by atoms with E-state index >= 15 is 0 Å². The first-order valence-electron chi connectivity index (χ1n) is 10.9. The van der Waals surface area contributed by atoms with Gasteiger partial charge in [0.25, 0.3) is 0 Å². The first-order chi connectivity index (χ1) is 16.9. The van der Waals surface area contributed by atoms with Crippen molar-refractivity contribution in [3.63, 3.8) is 0 Å². The fraction of sp³-hybridized carbons (Fsp3) is 0.417. The predicted octanol–water partition coefficient (Wildman–Crippen LogP) is 4.98.